The van der Waals surface area contributed by atoms with Crippen LogP contribution >= 0.6 is 15.9 Å². The third-order valence-corrected chi connectivity index (χ3v) is 3.44. The average Bonchev–Trinajstić information content (AvgIpc) is 2.71. The summed E-state index contributed by atoms with van der Waals surface area (Å²) in [5, 5.41) is 10.6. The normalized spacial score (nSPS) is 10.5. The van der Waals surface area contributed by atoms with Crippen LogP contribution in [0.3, 0.4) is 0 Å². The van der Waals surface area contributed by atoms with Crippen LogP contribution < -0.4 is 10.6 Å². The Hall–Kier alpha value is -1.63. The van der Waals surface area contributed by atoms with E-state index in [1.165, 1.54) is 0 Å². The second-order valence-corrected chi connectivity index (χ2v) is 5.01. The summed E-state index contributed by atoms with van der Waals surface area (Å²) in [5.41, 5.74) is 2.29. The monoisotopic (exact) mass is 324 g/mol. The highest BCUT2D eigenvalue weighted by Gasteiger charge is 2.07. The first kappa shape index (κ1) is 13.8. The number of aromatic nitrogens is 4. The molecule has 0 radical (unpaired) electrons. The molecule has 2 heterocycles. The molecule has 0 saturated carbocycles. The van der Waals surface area contributed by atoms with Crippen LogP contribution in [0.25, 0.3) is 0 Å². The molecule has 2 aromatic rings. The zero-order valence-corrected chi connectivity index (χ0v) is 12.8. The van der Waals surface area contributed by atoms with Crippen LogP contribution in [0.4, 0.5) is 11.8 Å². The molecule has 0 aliphatic rings. The first-order valence-electron chi connectivity index (χ1n) is 6.09. The molecule has 0 saturated heterocycles. The fourth-order valence-electron chi connectivity index (χ4n) is 1.63. The highest BCUT2D eigenvalue weighted by atomic mass is 79.9. The molecule has 0 aliphatic heterocycles. The first-order valence-corrected chi connectivity index (χ1v) is 6.89. The minimum atomic E-state index is 0.621. The number of nitrogens with zero attached hydrogens (tertiary/aromatic N) is 4. The van der Waals surface area contributed by atoms with Crippen LogP contribution in [0.15, 0.2) is 16.9 Å². The van der Waals surface area contributed by atoms with E-state index in [4.69, 9.17) is 0 Å². The van der Waals surface area contributed by atoms with E-state index in [1.54, 1.807) is 6.20 Å². The molecule has 2 N–H and O–H groups in total. The van der Waals surface area contributed by atoms with Crippen molar-refractivity contribution in [3.05, 3.63) is 28.1 Å². The largest absolute Gasteiger partial charge is 0.365 e. The van der Waals surface area contributed by atoms with Crippen molar-refractivity contribution in [2.75, 3.05) is 17.2 Å². The molecule has 0 aromatic carbocycles. The molecular weight excluding hydrogens is 308 g/mol. The topological polar surface area (TPSA) is 67.7 Å². The second kappa shape index (κ2) is 6.01. The summed E-state index contributed by atoms with van der Waals surface area (Å²) in [6.45, 7) is 5.53. The van der Waals surface area contributed by atoms with Crippen molar-refractivity contribution in [2.45, 2.75) is 20.4 Å². The van der Waals surface area contributed by atoms with Gasteiger partial charge in [0.05, 0.1) is 10.7 Å². The van der Waals surface area contributed by atoms with Gasteiger partial charge in [0, 0.05) is 37.6 Å². The summed E-state index contributed by atoms with van der Waals surface area (Å²) < 4.78 is 2.70. The van der Waals surface area contributed by atoms with E-state index in [0.29, 0.717) is 12.5 Å². The van der Waals surface area contributed by atoms with E-state index in [1.807, 2.05) is 31.8 Å². The molecule has 0 atom stereocenters. The molecule has 0 aliphatic carbocycles. The predicted molar refractivity (Wildman–Crippen MR) is 79.2 cm³/mol. The lowest BCUT2D eigenvalue weighted by Crippen LogP contribution is -2.07. The molecule has 2 aromatic heterocycles. The molecule has 0 unspecified atom stereocenters. The quantitative estimate of drug-likeness (QED) is 0.883. The summed E-state index contributed by atoms with van der Waals surface area (Å²) in [7, 11) is 1.93. The van der Waals surface area contributed by atoms with E-state index in [2.05, 4.69) is 41.6 Å². The van der Waals surface area contributed by atoms with Crippen molar-refractivity contribution in [3.8, 4) is 0 Å². The lowest BCUT2D eigenvalue weighted by Gasteiger charge is -2.09. The summed E-state index contributed by atoms with van der Waals surface area (Å²) in [6, 6.07) is 0. The third kappa shape index (κ3) is 3.23. The second-order valence-electron chi connectivity index (χ2n) is 4.15. The highest BCUT2D eigenvalue weighted by Crippen LogP contribution is 2.21. The van der Waals surface area contributed by atoms with Gasteiger partial charge in [0.1, 0.15) is 5.82 Å². The number of aryl methyl sites for hydroxylation is 1. The van der Waals surface area contributed by atoms with Crippen molar-refractivity contribution >= 4 is 27.7 Å². The molecule has 0 spiro atoms. The number of hydrogen-bond acceptors (Lipinski definition) is 5. The van der Waals surface area contributed by atoms with Gasteiger partial charge in [-0.15, -0.1) is 0 Å². The summed E-state index contributed by atoms with van der Waals surface area (Å²) in [5.74, 6) is 1.39. The minimum Gasteiger partial charge on any atom is -0.365 e. The van der Waals surface area contributed by atoms with E-state index in [-0.39, 0.29) is 0 Å². The summed E-state index contributed by atoms with van der Waals surface area (Å²) in [6.07, 6.45) is 3.60. The lowest BCUT2D eigenvalue weighted by atomic mass is 10.2. The van der Waals surface area contributed by atoms with Gasteiger partial charge >= 0.3 is 0 Å². The maximum atomic E-state index is 4.41. The van der Waals surface area contributed by atoms with Gasteiger partial charge in [-0.1, -0.05) is 0 Å². The van der Waals surface area contributed by atoms with Gasteiger partial charge in [-0.05, 0) is 29.8 Å². The number of rotatable bonds is 5. The third-order valence-electron chi connectivity index (χ3n) is 2.86. The fourth-order valence-corrected chi connectivity index (χ4v) is 1.96. The van der Waals surface area contributed by atoms with Crippen LogP contribution in [0, 0.1) is 6.92 Å². The van der Waals surface area contributed by atoms with Crippen LogP contribution in [0.5, 0.6) is 0 Å². The molecule has 0 amide bonds. The smallest absolute Gasteiger partial charge is 0.224 e. The Morgan fingerprint density at radius 1 is 1.32 bits per heavy atom. The van der Waals surface area contributed by atoms with Crippen molar-refractivity contribution in [2.24, 2.45) is 7.05 Å². The lowest BCUT2D eigenvalue weighted by molar-refractivity contribution is 0.738. The van der Waals surface area contributed by atoms with Crippen LogP contribution in [0.1, 0.15) is 18.2 Å². The van der Waals surface area contributed by atoms with Gasteiger partial charge in [-0.3, -0.25) is 4.68 Å². The Bertz CT molecular complexity index is 565. The van der Waals surface area contributed by atoms with Crippen LogP contribution in [-0.4, -0.2) is 26.3 Å². The van der Waals surface area contributed by atoms with Crippen LogP contribution in [0.2, 0.25) is 0 Å². The van der Waals surface area contributed by atoms with E-state index in [9.17, 15) is 0 Å². The van der Waals surface area contributed by atoms with Gasteiger partial charge in [0.15, 0.2) is 0 Å². The number of halogens is 1. The van der Waals surface area contributed by atoms with Crippen molar-refractivity contribution in [1.29, 1.82) is 0 Å². The predicted octanol–water partition coefficient (Wildman–Crippen LogP) is 2.32. The molecule has 19 heavy (non-hydrogen) atoms. The van der Waals surface area contributed by atoms with Gasteiger partial charge in [0.2, 0.25) is 5.95 Å². The molecule has 6 nitrogen and oxygen atoms in total. The SMILES string of the molecule is CCNc1ncc(Br)c(NCc2cnn(C)c2C)n1. The fraction of sp³-hybridized carbons (Fsp3) is 0.417. The number of anilines is 2. The number of hydrogen-bond donors (Lipinski definition) is 2. The standard InChI is InChI=1S/C12H17BrN6/c1-4-14-12-16-7-10(13)11(18-12)15-5-9-6-17-19(3)8(9)2/h6-7H,4-5H2,1-3H3,(H2,14,15,16,18). The van der Waals surface area contributed by atoms with E-state index >= 15 is 0 Å². The number of nitrogens with one attached hydrogen (secondary N) is 2. The van der Waals surface area contributed by atoms with Gasteiger partial charge in [-0.2, -0.15) is 10.1 Å². The molecule has 0 fully saturated rings. The van der Waals surface area contributed by atoms with Crippen molar-refractivity contribution < 1.29 is 0 Å². The Kier molecular flexibility index (Phi) is 4.36. The van der Waals surface area contributed by atoms with Crippen LogP contribution in [-0.2, 0) is 13.6 Å². The first-order chi connectivity index (χ1) is 9.11. The van der Waals surface area contributed by atoms with Gasteiger partial charge < -0.3 is 10.6 Å². The zero-order chi connectivity index (χ0) is 13.8. The Morgan fingerprint density at radius 3 is 2.74 bits per heavy atom. The molecular formula is C12H17BrN6. The van der Waals surface area contributed by atoms with Crippen molar-refractivity contribution in [1.82, 2.24) is 19.7 Å². The molecule has 102 valence electrons. The molecule has 7 heteroatoms. The average molecular weight is 325 g/mol. The minimum absolute atomic E-state index is 0.621. The van der Waals surface area contributed by atoms with Gasteiger partial charge in [0.25, 0.3) is 0 Å². The maximum absolute atomic E-state index is 4.41. The Balaban J connectivity index is 2.10. The summed E-state index contributed by atoms with van der Waals surface area (Å²) in [4.78, 5) is 8.59. The Labute approximate surface area is 120 Å². The van der Waals surface area contributed by atoms with Gasteiger partial charge in [-0.25, -0.2) is 4.98 Å². The van der Waals surface area contributed by atoms with Crippen molar-refractivity contribution in [3.63, 3.8) is 0 Å². The zero-order valence-electron chi connectivity index (χ0n) is 11.2. The highest BCUT2D eigenvalue weighted by molar-refractivity contribution is 9.10. The molecule has 0 bridgehead atoms. The van der Waals surface area contributed by atoms with E-state index < -0.39 is 0 Å². The summed E-state index contributed by atoms with van der Waals surface area (Å²) >= 11 is 3.44. The maximum Gasteiger partial charge on any atom is 0.224 e. The van der Waals surface area contributed by atoms with E-state index in [0.717, 1.165) is 28.1 Å². The Morgan fingerprint density at radius 2 is 2.11 bits per heavy atom. The molecule has 2 rings (SSSR count).